The average Bonchev–Trinajstić information content (AvgIpc) is 2.39. The SMILES string of the molecule is CCNCC(CC)OCc1ccc(OC)cc1. The molecule has 0 fully saturated rings. The quantitative estimate of drug-likeness (QED) is 0.754. The van der Waals surface area contributed by atoms with E-state index in [1.165, 1.54) is 5.56 Å². The van der Waals surface area contributed by atoms with E-state index in [0.717, 1.165) is 25.3 Å². The molecule has 0 amide bonds. The predicted octanol–water partition coefficient (Wildman–Crippen LogP) is 2.60. The van der Waals surface area contributed by atoms with Crippen molar-refractivity contribution in [1.29, 1.82) is 0 Å². The lowest BCUT2D eigenvalue weighted by Crippen LogP contribution is -2.28. The maximum absolute atomic E-state index is 5.85. The first-order valence-electron chi connectivity index (χ1n) is 6.25. The Kier molecular flexibility index (Phi) is 6.67. The first-order chi connectivity index (χ1) is 8.30. The second-order valence-electron chi connectivity index (χ2n) is 4.00. The second kappa shape index (κ2) is 8.09. The molecule has 3 heteroatoms. The highest BCUT2D eigenvalue weighted by atomic mass is 16.5. The summed E-state index contributed by atoms with van der Waals surface area (Å²) in [6.07, 6.45) is 1.32. The van der Waals surface area contributed by atoms with Crippen LogP contribution < -0.4 is 10.1 Å². The normalized spacial score (nSPS) is 12.4. The topological polar surface area (TPSA) is 30.5 Å². The van der Waals surface area contributed by atoms with Crippen LogP contribution in [0.3, 0.4) is 0 Å². The maximum atomic E-state index is 5.85. The number of hydrogen-bond donors (Lipinski definition) is 1. The van der Waals surface area contributed by atoms with Gasteiger partial charge in [0.05, 0.1) is 19.8 Å². The Morgan fingerprint density at radius 3 is 2.41 bits per heavy atom. The number of likely N-dealkylation sites (N-methyl/N-ethyl adjacent to an activating group) is 1. The third-order valence-electron chi connectivity index (χ3n) is 2.72. The van der Waals surface area contributed by atoms with Crippen molar-refractivity contribution in [3.05, 3.63) is 29.8 Å². The molecule has 0 spiro atoms. The third-order valence-corrected chi connectivity index (χ3v) is 2.72. The van der Waals surface area contributed by atoms with Gasteiger partial charge in [-0.2, -0.15) is 0 Å². The Morgan fingerprint density at radius 1 is 1.18 bits per heavy atom. The van der Waals surface area contributed by atoms with Crippen LogP contribution in [0.15, 0.2) is 24.3 Å². The Balaban J connectivity index is 2.36. The van der Waals surface area contributed by atoms with Gasteiger partial charge >= 0.3 is 0 Å². The highest BCUT2D eigenvalue weighted by Crippen LogP contribution is 2.12. The molecule has 3 nitrogen and oxygen atoms in total. The average molecular weight is 237 g/mol. The zero-order valence-electron chi connectivity index (χ0n) is 11.0. The summed E-state index contributed by atoms with van der Waals surface area (Å²) in [5, 5.41) is 3.31. The highest BCUT2D eigenvalue weighted by Gasteiger charge is 2.05. The lowest BCUT2D eigenvalue weighted by atomic mass is 10.2. The molecule has 1 atom stereocenters. The summed E-state index contributed by atoms with van der Waals surface area (Å²) in [7, 11) is 1.68. The molecule has 1 aromatic carbocycles. The fourth-order valence-electron chi connectivity index (χ4n) is 1.56. The second-order valence-corrected chi connectivity index (χ2v) is 4.00. The van der Waals surface area contributed by atoms with Crippen molar-refractivity contribution >= 4 is 0 Å². The van der Waals surface area contributed by atoms with Crippen LogP contribution in [0.1, 0.15) is 25.8 Å². The number of hydrogen-bond acceptors (Lipinski definition) is 3. The molecule has 1 aromatic rings. The number of benzene rings is 1. The van der Waals surface area contributed by atoms with Crippen LogP contribution in [0.2, 0.25) is 0 Å². The smallest absolute Gasteiger partial charge is 0.118 e. The van der Waals surface area contributed by atoms with E-state index in [2.05, 4.69) is 19.2 Å². The van der Waals surface area contributed by atoms with Gasteiger partial charge in [0.2, 0.25) is 0 Å². The molecular weight excluding hydrogens is 214 g/mol. The van der Waals surface area contributed by atoms with E-state index in [-0.39, 0.29) is 6.10 Å². The lowest BCUT2D eigenvalue weighted by Gasteiger charge is -2.16. The van der Waals surface area contributed by atoms with Gasteiger partial charge < -0.3 is 14.8 Å². The Hall–Kier alpha value is -1.06. The van der Waals surface area contributed by atoms with Gasteiger partial charge in [0.15, 0.2) is 0 Å². The molecule has 1 unspecified atom stereocenters. The van der Waals surface area contributed by atoms with Crippen molar-refractivity contribution < 1.29 is 9.47 Å². The molecule has 1 rings (SSSR count). The third kappa shape index (κ3) is 5.20. The Labute approximate surface area is 104 Å². The molecule has 0 saturated carbocycles. The number of rotatable bonds is 8. The van der Waals surface area contributed by atoms with Gasteiger partial charge in [-0.25, -0.2) is 0 Å². The predicted molar refractivity (Wildman–Crippen MR) is 70.4 cm³/mol. The molecule has 96 valence electrons. The Bertz CT molecular complexity index is 298. The first-order valence-corrected chi connectivity index (χ1v) is 6.25. The summed E-state index contributed by atoms with van der Waals surface area (Å²) in [5.41, 5.74) is 1.18. The molecule has 0 aromatic heterocycles. The van der Waals surface area contributed by atoms with E-state index in [0.29, 0.717) is 6.61 Å². The molecule has 0 bridgehead atoms. The van der Waals surface area contributed by atoms with Crippen LogP contribution in [0.25, 0.3) is 0 Å². The van der Waals surface area contributed by atoms with Crippen molar-refractivity contribution in [1.82, 2.24) is 5.32 Å². The lowest BCUT2D eigenvalue weighted by molar-refractivity contribution is 0.0387. The molecule has 0 radical (unpaired) electrons. The summed E-state index contributed by atoms with van der Waals surface area (Å²) < 4.78 is 11.0. The van der Waals surface area contributed by atoms with Crippen LogP contribution in [0, 0.1) is 0 Å². The van der Waals surface area contributed by atoms with E-state index < -0.39 is 0 Å². The minimum atomic E-state index is 0.289. The largest absolute Gasteiger partial charge is 0.497 e. The van der Waals surface area contributed by atoms with Crippen molar-refractivity contribution in [3.8, 4) is 5.75 Å². The standard InChI is InChI=1S/C14H23NO2/c1-4-13(10-15-5-2)17-11-12-6-8-14(16-3)9-7-12/h6-9,13,15H,4-5,10-11H2,1-3H3. The van der Waals surface area contributed by atoms with Gasteiger partial charge in [-0.1, -0.05) is 26.0 Å². The minimum Gasteiger partial charge on any atom is -0.497 e. The summed E-state index contributed by atoms with van der Waals surface area (Å²) in [4.78, 5) is 0. The number of methoxy groups -OCH3 is 1. The fraction of sp³-hybridized carbons (Fsp3) is 0.571. The van der Waals surface area contributed by atoms with Gasteiger partial charge in [0.1, 0.15) is 5.75 Å². The monoisotopic (exact) mass is 237 g/mol. The molecule has 0 aliphatic rings. The maximum Gasteiger partial charge on any atom is 0.118 e. The Morgan fingerprint density at radius 2 is 1.88 bits per heavy atom. The molecule has 0 aliphatic heterocycles. The molecule has 0 heterocycles. The summed E-state index contributed by atoms with van der Waals surface area (Å²) in [6.45, 7) is 6.83. The van der Waals surface area contributed by atoms with Crippen LogP contribution in [0.4, 0.5) is 0 Å². The van der Waals surface area contributed by atoms with E-state index in [9.17, 15) is 0 Å². The van der Waals surface area contributed by atoms with E-state index in [1.54, 1.807) is 7.11 Å². The van der Waals surface area contributed by atoms with Crippen LogP contribution in [-0.2, 0) is 11.3 Å². The zero-order valence-corrected chi connectivity index (χ0v) is 11.0. The first kappa shape index (κ1) is 14.0. The van der Waals surface area contributed by atoms with Gasteiger partial charge in [0, 0.05) is 6.54 Å². The fourth-order valence-corrected chi connectivity index (χ4v) is 1.56. The van der Waals surface area contributed by atoms with Crippen molar-refractivity contribution in [2.45, 2.75) is 33.0 Å². The molecular formula is C14H23NO2. The summed E-state index contributed by atoms with van der Waals surface area (Å²) >= 11 is 0. The molecule has 17 heavy (non-hydrogen) atoms. The van der Waals surface area contributed by atoms with Gasteiger partial charge in [-0.05, 0) is 30.7 Å². The zero-order chi connectivity index (χ0) is 12.5. The number of ether oxygens (including phenoxy) is 2. The van der Waals surface area contributed by atoms with Crippen molar-refractivity contribution in [2.24, 2.45) is 0 Å². The van der Waals surface area contributed by atoms with Crippen LogP contribution in [0.5, 0.6) is 5.75 Å². The van der Waals surface area contributed by atoms with Crippen LogP contribution >= 0.6 is 0 Å². The van der Waals surface area contributed by atoms with Gasteiger partial charge in [0.25, 0.3) is 0 Å². The molecule has 0 aliphatic carbocycles. The van der Waals surface area contributed by atoms with Gasteiger partial charge in [-0.15, -0.1) is 0 Å². The van der Waals surface area contributed by atoms with Crippen LogP contribution in [-0.4, -0.2) is 26.3 Å². The summed E-state index contributed by atoms with van der Waals surface area (Å²) in [5.74, 6) is 0.883. The highest BCUT2D eigenvalue weighted by molar-refractivity contribution is 5.26. The molecule has 0 saturated heterocycles. The van der Waals surface area contributed by atoms with Crippen molar-refractivity contribution in [2.75, 3.05) is 20.2 Å². The van der Waals surface area contributed by atoms with E-state index in [4.69, 9.17) is 9.47 Å². The molecule has 1 N–H and O–H groups in total. The summed E-state index contributed by atoms with van der Waals surface area (Å²) in [6, 6.07) is 8.01. The number of nitrogens with one attached hydrogen (secondary N) is 1. The van der Waals surface area contributed by atoms with Crippen molar-refractivity contribution in [3.63, 3.8) is 0 Å². The van der Waals surface area contributed by atoms with Gasteiger partial charge in [-0.3, -0.25) is 0 Å². The van der Waals surface area contributed by atoms with E-state index >= 15 is 0 Å². The van der Waals surface area contributed by atoms with E-state index in [1.807, 2.05) is 24.3 Å². The minimum absolute atomic E-state index is 0.289.